The van der Waals surface area contributed by atoms with Crippen LogP contribution in [-0.2, 0) is 4.18 Å². The Bertz CT molecular complexity index is 74.5. The maximum Gasteiger partial charge on any atom is 0.0818 e. The van der Waals surface area contributed by atoms with Crippen LogP contribution in [0.3, 0.4) is 0 Å². The monoisotopic (exact) mass is 177 g/mol. The Labute approximate surface area is 74.6 Å². The van der Waals surface area contributed by atoms with E-state index in [2.05, 4.69) is 18.2 Å². The molecule has 68 valence electrons. The Morgan fingerprint density at radius 2 is 1.64 bits per heavy atom. The molecule has 0 spiro atoms. The summed E-state index contributed by atoms with van der Waals surface area (Å²) < 4.78 is 7.51. The molecule has 2 nitrogen and oxygen atoms in total. The molecule has 0 aromatic rings. The SMILES string of the molecule is CCCN(CCC)SOCC. The van der Waals surface area contributed by atoms with Gasteiger partial charge in [0.25, 0.3) is 0 Å². The third kappa shape index (κ3) is 6.66. The first-order valence-electron chi connectivity index (χ1n) is 4.39. The van der Waals surface area contributed by atoms with E-state index < -0.39 is 0 Å². The number of hydrogen-bond donors (Lipinski definition) is 0. The second-order valence-corrected chi connectivity index (χ2v) is 3.31. The molecule has 0 saturated carbocycles. The van der Waals surface area contributed by atoms with Gasteiger partial charge in [-0.15, -0.1) is 0 Å². The van der Waals surface area contributed by atoms with E-state index in [0.717, 1.165) is 19.7 Å². The molecule has 0 aliphatic rings. The second-order valence-electron chi connectivity index (χ2n) is 2.41. The highest BCUT2D eigenvalue weighted by Gasteiger charge is 2.01. The molecule has 0 saturated heterocycles. The van der Waals surface area contributed by atoms with Crippen molar-refractivity contribution in [3.05, 3.63) is 0 Å². The molecule has 0 aliphatic heterocycles. The van der Waals surface area contributed by atoms with E-state index in [4.69, 9.17) is 4.18 Å². The Morgan fingerprint density at radius 3 is 2.00 bits per heavy atom. The molecular weight excluding hydrogens is 158 g/mol. The average Bonchev–Trinajstić information content (AvgIpc) is 2.01. The third-order valence-electron chi connectivity index (χ3n) is 1.22. The Morgan fingerprint density at radius 1 is 1.09 bits per heavy atom. The highest BCUT2D eigenvalue weighted by molar-refractivity contribution is 7.92. The first-order chi connectivity index (χ1) is 5.35. The summed E-state index contributed by atoms with van der Waals surface area (Å²) in [5.74, 6) is 0. The summed E-state index contributed by atoms with van der Waals surface area (Å²) >= 11 is 1.50. The molecule has 0 bridgehead atoms. The average molecular weight is 177 g/mol. The zero-order chi connectivity index (χ0) is 8.53. The lowest BCUT2D eigenvalue weighted by Gasteiger charge is -2.17. The van der Waals surface area contributed by atoms with Crippen LogP contribution in [-0.4, -0.2) is 24.0 Å². The topological polar surface area (TPSA) is 12.5 Å². The van der Waals surface area contributed by atoms with Crippen molar-refractivity contribution >= 4 is 12.2 Å². The van der Waals surface area contributed by atoms with E-state index in [1.807, 2.05) is 6.92 Å². The van der Waals surface area contributed by atoms with Gasteiger partial charge in [-0.25, -0.2) is 4.31 Å². The summed E-state index contributed by atoms with van der Waals surface area (Å²) in [6.45, 7) is 9.43. The van der Waals surface area contributed by atoms with Crippen molar-refractivity contribution in [1.82, 2.24) is 4.31 Å². The fraction of sp³-hybridized carbons (Fsp3) is 1.00. The summed E-state index contributed by atoms with van der Waals surface area (Å²) in [6.07, 6.45) is 2.39. The summed E-state index contributed by atoms with van der Waals surface area (Å²) in [5.41, 5.74) is 0. The molecule has 0 N–H and O–H groups in total. The minimum absolute atomic E-state index is 0.786. The largest absolute Gasteiger partial charge is 0.301 e. The Kier molecular flexibility index (Phi) is 8.57. The zero-order valence-electron chi connectivity index (χ0n) is 7.80. The smallest absolute Gasteiger partial charge is 0.0818 e. The van der Waals surface area contributed by atoms with Crippen LogP contribution in [0.15, 0.2) is 0 Å². The van der Waals surface area contributed by atoms with Crippen molar-refractivity contribution < 1.29 is 4.18 Å². The third-order valence-corrected chi connectivity index (χ3v) is 2.14. The van der Waals surface area contributed by atoms with E-state index in [9.17, 15) is 0 Å². The van der Waals surface area contributed by atoms with Crippen LogP contribution in [0, 0.1) is 0 Å². The van der Waals surface area contributed by atoms with E-state index in [1.165, 1.54) is 25.1 Å². The van der Waals surface area contributed by atoms with Crippen molar-refractivity contribution in [2.75, 3.05) is 19.7 Å². The van der Waals surface area contributed by atoms with Gasteiger partial charge in [-0.05, 0) is 19.8 Å². The van der Waals surface area contributed by atoms with E-state index in [0.29, 0.717) is 0 Å². The summed E-state index contributed by atoms with van der Waals surface area (Å²) in [6, 6.07) is 0. The number of rotatable bonds is 7. The van der Waals surface area contributed by atoms with E-state index in [-0.39, 0.29) is 0 Å². The van der Waals surface area contributed by atoms with Crippen LogP contribution in [0.4, 0.5) is 0 Å². The van der Waals surface area contributed by atoms with Crippen LogP contribution in [0.5, 0.6) is 0 Å². The van der Waals surface area contributed by atoms with Crippen LogP contribution in [0.1, 0.15) is 33.6 Å². The molecule has 0 radical (unpaired) electrons. The van der Waals surface area contributed by atoms with Crippen molar-refractivity contribution in [3.8, 4) is 0 Å². The molecule has 0 atom stereocenters. The van der Waals surface area contributed by atoms with Gasteiger partial charge in [-0.1, -0.05) is 13.8 Å². The fourth-order valence-electron chi connectivity index (χ4n) is 0.812. The standard InChI is InChI=1S/C8H19NOS/c1-4-7-9(8-5-2)11-10-6-3/h4-8H2,1-3H3. The first-order valence-corrected chi connectivity index (χ1v) is 5.09. The molecular formula is C8H19NOS. The van der Waals surface area contributed by atoms with Gasteiger partial charge in [-0.2, -0.15) is 0 Å². The quantitative estimate of drug-likeness (QED) is 0.438. The predicted molar refractivity (Wildman–Crippen MR) is 51.4 cm³/mol. The summed E-state index contributed by atoms with van der Waals surface area (Å²) in [7, 11) is 0. The van der Waals surface area contributed by atoms with Crippen LogP contribution in [0.25, 0.3) is 0 Å². The lowest BCUT2D eigenvalue weighted by atomic mass is 10.4. The van der Waals surface area contributed by atoms with Gasteiger partial charge in [0.2, 0.25) is 0 Å². The van der Waals surface area contributed by atoms with Gasteiger partial charge >= 0.3 is 0 Å². The lowest BCUT2D eigenvalue weighted by molar-refractivity contribution is 0.353. The first kappa shape index (κ1) is 11.3. The fourth-order valence-corrected chi connectivity index (χ4v) is 1.58. The molecule has 0 amide bonds. The highest BCUT2D eigenvalue weighted by atomic mass is 32.2. The van der Waals surface area contributed by atoms with Gasteiger partial charge in [0.1, 0.15) is 0 Å². The maximum atomic E-state index is 5.24. The summed E-state index contributed by atoms with van der Waals surface area (Å²) in [4.78, 5) is 0. The van der Waals surface area contributed by atoms with Crippen molar-refractivity contribution in [2.24, 2.45) is 0 Å². The minimum Gasteiger partial charge on any atom is -0.301 e. The van der Waals surface area contributed by atoms with E-state index in [1.54, 1.807) is 0 Å². The second kappa shape index (κ2) is 8.37. The molecule has 3 heteroatoms. The van der Waals surface area contributed by atoms with E-state index >= 15 is 0 Å². The molecule has 0 aromatic heterocycles. The molecule has 0 aromatic carbocycles. The minimum atomic E-state index is 0.786. The van der Waals surface area contributed by atoms with Crippen molar-refractivity contribution in [3.63, 3.8) is 0 Å². The molecule has 11 heavy (non-hydrogen) atoms. The number of nitrogens with zero attached hydrogens (tertiary/aromatic N) is 1. The van der Waals surface area contributed by atoms with Gasteiger partial charge in [0.05, 0.1) is 18.8 Å². The van der Waals surface area contributed by atoms with Gasteiger partial charge < -0.3 is 4.18 Å². The molecule has 0 unspecified atom stereocenters. The highest BCUT2D eigenvalue weighted by Crippen LogP contribution is 2.11. The van der Waals surface area contributed by atoms with Crippen LogP contribution < -0.4 is 0 Å². The van der Waals surface area contributed by atoms with Gasteiger partial charge in [0.15, 0.2) is 0 Å². The number of hydrogen-bond acceptors (Lipinski definition) is 3. The van der Waals surface area contributed by atoms with Crippen LogP contribution >= 0.6 is 12.2 Å². The zero-order valence-corrected chi connectivity index (χ0v) is 8.62. The molecule has 0 aliphatic carbocycles. The van der Waals surface area contributed by atoms with Gasteiger partial charge in [0, 0.05) is 13.1 Å². The van der Waals surface area contributed by atoms with Crippen molar-refractivity contribution in [2.45, 2.75) is 33.6 Å². The van der Waals surface area contributed by atoms with Crippen LogP contribution in [0.2, 0.25) is 0 Å². The van der Waals surface area contributed by atoms with Gasteiger partial charge in [-0.3, -0.25) is 0 Å². The maximum absolute atomic E-state index is 5.24. The predicted octanol–water partition coefficient (Wildman–Crippen LogP) is 2.71. The normalized spacial score (nSPS) is 10.9. The Balaban J connectivity index is 3.34. The lowest BCUT2D eigenvalue weighted by Crippen LogP contribution is -2.17. The molecule has 0 rings (SSSR count). The Hall–Kier alpha value is 0.270. The molecule has 0 heterocycles. The summed E-state index contributed by atoms with van der Waals surface area (Å²) in [5, 5.41) is 0. The molecule has 0 fully saturated rings. The van der Waals surface area contributed by atoms with Crippen molar-refractivity contribution in [1.29, 1.82) is 0 Å².